The van der Waals surface area contributed by atoms with E-state index < -0.39 is 11.9 Å². The molecule has 1 rings (SSSR count). The van der Waals surface area contributed by atoms with Crippen LogP contribution in [0.5, 0.6) is 0 Å². The van der Waals surface area contributed by atoms with Crippen molar-refractivity contribution in [3.05, 3.63) is 0 Å². The average Bonchev–Trinajstić information content (AvgIpc) is 2.18. The number of rotatable bonds is 4. The van der Waals surface area contributed by atoms with Gasteiger partial charge >= 0.3 is 5.97 Å². The maximum Gasteiger partial charge on any atom is 0.304 e. The monoisotopic (exact) mass is 213 g/mol. The van der Waals surface area contributed by atoms with Crippen LogP contribution >= 0.6 is 0 Å². The summed E-state index contributed by atoms with van der Waals surface area (Å²) >= 11 is 0. The number of amides is 1. The lowest BCUT2D eigenvalue weighted by atomic mass is 9.95. The van der Waals surface area contributed by atoms with E-state index in [0.717, 1.165) is 25.7 Å². The van der Waals surface area contributed by atoms with Crippen molar-refractivity contribution in [2.24, 2.45) is 5.92 Å². The summed E-state index contributed by atoms with van der Waals surface area (Å²) < 4.78 is 0. The van der Waals surface area contributed by atoms with E-state index in [1.165, 1.54) is 6.42 Å². The van der Waals surface area contributed by atoms with Crippen LogP contribution < -0.4 is 5.32 Å². The molecular weight excluding hydrogens is 194 g/mol. The van der Waals surface area contributed by atoms with Crippen LogP contribution in [0.25, 0.3) is 0 Å². The molecule has 15 heavy (non-hydrogen) atoms. The Hall–Kier alpha value is -1.06. The van der Waals surface area contributed by atoms with Crippen molar-refractivity contribution < 1.29 is 14.7 Å². The van der Waals surface area contributed by atoms with Crippen LogP contribution in [-0.4, -0.2) is 23.0 Å². The zero-order valence-corrected chi connectivity index (χ0v) is 9.16. The third kappa shape index (κ3) is 4.32. The molecular formula is C11H19NO3. The van der Waals surface area contributed by atoms with Gasteiger partial charge in [0.15, 0.2) is 0 Å². The van der Waals surface area contributed by atoms with Crippen molar-refractivity contribution in [3.63, 3.8) is 0 Å². The molecule has 0 bridgehead atoms. The first-order valence-electron chi connectivity index (χ1n) is 5.61. The lowest BCUT2D eigenvalue weighted by Crippen LogP contribution is -2.39. The normalized spacial score (nSPS) is 19.5. The second kappa shape index (κ2) is 5.73. The van der Waals surface area contributed by atoms with Crippen LogP contribution in [0.1, 0.15) is 45.4 Å². The van der Waals surface area contributed by atoms with E-state index in [0.29, 0.717) is 0 Å². The molecule has 1 atom stereocenters. The molecule has 0 aromatic heterocycles. The average molecular weight is 213 g/mol. The highest BCUT2D eigenvalue weighted by atomic mass is 16.4. The Labute approximate surface area is 90.0 Å². The number of nitrogens with one attached hydrogen (secondary N) is 1. The number of carboxylic acid groups (broad SMARTS) is 1. The Morgan fingerprint density at radius 2 is 1.93 bits per heavy atom. The highest BCUT2D eigenvalue weighted by molar-refractivity contribution is 5.82. The van der Waals surface area contributed by atoms with Gasteiger partial charge < -0.3 is 10.4 Å². The molecule has 0 heterocycles. The lowest BCUT2D eigenvalue weighted by molar-refractivity contribution is -0.141. The molecule has 0 aliphatic heterocycles. The minimum absolute atomic E-state index is 0.0848. The van der Waals surface area contributed by atoms with Gasteiger partial charge in [-0.25, -0.2) is 0 Å². The molecule has 1 saturated carbocycles. The minimum atomic E-state index is -0.915. The van der Waals surface area contributed by atoms with E-state index >= 15 is 0 Å². The molecule has 4 nitrogen and oxygen atoms in total. The summed E-state index contributed by atoms with van der Waals surface area (Å²) in [5, 5.41) is 11.5. The molecule has 0 aromatic rings. The van der Waals surface area contributed by atoms with Gasteiger partial charge in [0, 0.05) is 12.0 Å². The van der Waals surface area contributed by atoms with Crippen molar-refractivity contribution in [3.8, 4) is 0 Å². The summed E-state index contributed by atoms with van der Waals surface area (Å²) in [4.78, 5) is 22.0. The Kier molecular flexibility index (Phi) is 4.59. The van der Waals surface area contributed by atoms with Crippen LogP contribution in [0, 0.1) is 5.92 Å². The molecule has 1 unspecified atom stereocenters. The lowest BCUT2D eigenvalue weighted by Gasteiger charge is -2.24. The van der Waals surface area contributed by atoms with Gasteiger partial charge in [0.05, 0.1) is 6.42 Å². The van der Waals surface area contributed by atoms with Gasteiger partial charge in [-0.2, -0.15) is 0 Å². The molecule has 0 aromatic carbocycles. The topological polar surface area (TPSA) is 66.4 Å². The van der Waals surface area contributed by atoms with E-state index in [9.17, 15) is 9.59 Å². The molecule has 0 saturated heterocycles. The van der Waals surface area contributed by atoms with Gasteiger partial charge in [0.25, 0.3) is 0 Å². The second-order valence-corrected chi connectivity index (χ2v) is 4.34. The summed E-state index contributed by atoms with van der Waals surface area (Å²) in [6.07, 6.45) is 5.56. The van der Waals surface area contributed by atoms with Gasteiger partial charge in [0.1, 0.15) is 0 Å². The number of hydrogen-bond acceptors (Lipinski definition) is 2. The fraction of sp³-hybridized carbons (Fsp3) is 0.818. The molecule has 0 radical (unpaired) electrons. The van der Waals surface area contributed by atoms with Crippen molar-refractivity contribution in [1.82, 2.24) is 5.32 Å². The van der Waals surface area contributed by atoms with Gasteiger partial charge in [-0.05, 0) is 12.8 Å². The SMILES string of the molecule is CC(CC(=O)O)C(=O)NC1CCCCC1. The van der Waals surface area contributed by atoms with Crippen LogP contribution in [0.15, 0.2) is 0 Å². The first-order chi connectivity index (χ1) is 7.09. The standard InChI is InChI=1S/C11H19NO3/c1-8(7-10(13)14)11(15)12-9-5-3-2-4-6-9/h8-9H,2-7H2,1H3,(H,12,15)(H,13,14). The summed E-state index contributed by atoms with van der Waals surface area (Å²) in [6, 6.07) is 0.266. The first-order valence-corrected chi connectivity index (χ1v) is 5.61. The number of carbonyl (C=O) groups is 2. The molecule has 2 N–H and O–H groups in total. The third-order valence-electron chi connectivity index (χ3n) is 2.88. The van der Waals surface area contributed by atoms with Crippen LogP contribution in [0.2, 0.25) is 0 Å². The first kappa shape index (κ1) is 12.0. The fourth-order valence-corrected chi connectivity index (χ4v) is 1.94. The molecule has 1 fully saturated rings. The Morgan fingerprint density at radius 1 is 1.33 bits per heavy atom. The predicted octanol–water partition coefficient (Wildman–Crippen LogP) is 1.55. The second-order valence-electron chi connectivity index (χ2n) is 4.34. The van der Waals surface area contributed by atoms with E-state index in [4.69, 9.17) is 5.11 Å². The van der Waals surface area contributed by atoms with Crippen molar-refractivity contribution in [2.75, 3.05) is 0 Å². The quantitative estimate of drug-likeness (QED) is 0.744. The molecule has 1 aliphatic carbocycles. The number of hydrogen-bond donors (Lipinski definition) is 2. The van der Waals surface area contributed by atoms with E-state index in [1.807, 2.05) is 0 Å². The number of carboxylic acids is 1. The summed E-state index contributed by atoms with van der Waals surface area (Å²) in [6.45, 7) is 1.66. The Morgan fingerprint density at radius 3 is 2.47 bits per heavy atom. The zero-order valence-electron chi connectivity index (χ0n) is 9.16. The number of carbonyl (C=O) groups excluding carboxylic acids is 1. The highest BCUT2D eigenvalue weighted by Gasteiger charge is 2.20. The number of aliphatic carboxylic acids is 1. The third-order valence-corrected chi connectivity index (χ3v) is 2.88. The maximum absolute atomic E-state index is 11.6. The van der Waals surface area contributed by atoms with Crippen molar-refractivity contribution >= 4 is 11.9 Å². The van der Waals surface area contributed by atoms with E-state index in [-0.39, 0.29) is 18.4 Å². The van der Waals surface area contributed by atoms with E-state index in [2.05, 4.69) is 5.32 Å². The summed E-state index contributed by atoms with van der Waals surface area (Å²) in [7, 11) is 0. The van der Waals surface area contributed by atoms with Gasteiger partial charge in [-0.1, -0.05) is 26.2 Å². The highest BCUT2D eigenvalue weighted by Crippen LogP contribution is 2.18. The summed E-state index contributed by atoms with van der Waals surface area (Å²) in [5.41, 5.74) is 0. The molecule has 1 amide bonds. The van der Waals surface area contributed by atoms with Crippen LogP contribution in [0.4, 0.5) is 0 Å². The van der Waals surface area contributed by atoms with Crippen molar-refractivity contribution in [2.45, 2.75) is 51.5 Å². The zero-order chi connectivity index (χ0) is 11.3. The largest absolute Gasteiger partial charge is 0.481 e. The van der Waals surface area contributed by atoms with Crippen LogP contribution in [0.3, 0.4) is 0 Å². The predicted molar refractivity (Wildman–Crippen MR) is 56.4 cm³/mol. The van der Waals surface area contributed by atoms with E-state index in [1.54, 1.807) is 6.92 Å². The molecule has 4 heteroatoms. The van der Waals surface area contributed by atoms with Gasteiger partial charge in [-0.15, -0.1) is 0 Å². The van der Waals surface area contributed by atoms with Crippen molar-refractivity contribution in [1.29, 1.82) is 0 Å². The Bertz CT molecular complexity index is 234. The minimum Gasteiger partial charge on any atom is -0.481 e. The molecule has 0 spiro atoms. The Balaban J connectivity index is 2.30. The molecule has 86 valence electrons. The van der Waals surface area contributed by atoms with Gasteiger partial charge in [-0.3, -0.25) is 9.59 Å². The van der Waals surface area contributed by atoms with Crippen LogP contribution in [-0.2, 0) is 9.59 Å². The fourth-order valence-electron chi connectivity index (χ4n) is 1.94. The van der Waals surface area contributed by atoms with Gasteiger partial charge in [0.2, 0.25) is 5.91 Å². The smallest absolute Gasteiger partial charge is 0.304 e. The maximum atomic E-state index is 11.6. The summed E-state index contributed by atoms with van der Waals surface area (Å²) in [5.74, 6) is -1.46. The molecule has 1 aliphatic rings.